The minimum atomic E-state index is -3.36. The fraction of sp³-hybridized carbons (Fsp3) is 0.600. The van der Waals surface area contributed by atoms with Gasteiger partial charge < -0.3 is 9.67 Å². The van der Waals surface area contributed by atoms with Crippen LogP contribution in [0.5, 0.6) is 0 Å². The summed E-state index contributed by atoms with van der Waals surface area (Å²) in [5.41, 5.74) is 0. The largest absolute Gasteiger partial charge is 0.481 e. The average Bonchev–Trinajstić information content (AvgIpc) is 2.73. The number of rotatable bonds is 8. The Morgan fingerprint density at radius 3 is 2.67 bits per heavy atom. The van der Waals surface area contributed by atoms with E-state index in [1.165, 1.54) is 4.31 Å². The monoisotopic (exact) mass is 275 g/mol. The molecular formula is C10H17N3O4S. The van der Waals surface area contributed by atoms with E-state index in [1.54, 1.807) is 18.7 Å². The van der Waals surface area contributed by atoms with Gasteiger partial charge in [-0.25, -0.2) is 17.7 Å². The maximum Gasteiger partial charge on any atom is 0.304 e. The van der Waals surface area contributed by atoms with Gasteiger partial charge in [0.15, 0.2) is 0 Å². The summed E-state index contributed by atoms with van der Waals surface area (Å²) in [6, 6.07) is 0. The number of aromatic nitrogens is 2. The van der Waals surface area contributed by atoms with Crippen LogP contribution < -0.4 is 0 Å². The lowest BCUT2D eigenvalue weighted by Crippen LogP contribution is -2.33. The molecule has 18 heavy (non-hydrogen) atoms. The Morgan fingerprint density at radius 1 is 1.44 bits per heavy atom. The van der Waals surface area contributed by atoms with Crippen LogP contribution in [0.4, 0.5) is 0 Å². The molecule has 0 aromatic carbocycles. The summed E-state index contributed by atoms with van der Waals surface area (Å²) in [5.74, 6) is -1.00. The molecule has 0 aliphatic carbocycles. The van der Waals surface area contributed by atoms with E-state index in [9.17, 15) is 13.2 Å². The molecule has 1 aromatic rings. The lowest BCUT2D eigenvalue weighted by Gasteiger charge is -2.18. The molecule has 1 rings (SSSR count). The third-order valence-corrected chi connectivity index (χ3v) is 3.73. The number of aliphatic carboxylic acids is 1. The first-order chi connectivity index (χ1) is 8.39. The second kappa shape index (κ2) is 6.50. The Kier molecular flexibility index (Phi) is 5.29. The highest BCUT2D eigenvalue weighted by molar-refractivity contribution is 7.88. The Morgan fingerprint density at radius 2 is 2.17 bits per heavy atom. The van der Waals surface area contributed by atoms with Crippen LogP contribution in [0.25, 0.3) is 0 Å². The van der Waals surface area contributed by atoms with Gasteiger partial charge in [-0.3, -0.25) is 4.79 Å². The Bertz CT molecular complexity index is 469. The van der Waals surface area contributed by atoms with E-state index in [2.05, 4.69) is 4.98 Å². The third-order valence-electron chi connectivity index (χ3n) is 2.43. The number of imidazole rings is 1. The van der Waals surface area contributed by atoms with Crippen molar-refractivity contribution in [3.63, 3.8) is 0 Å². The van der Waals surface area contributed by atoms with Gasteiger partial charge >= 0.3 is 5.97 Å². The highest BCUT2D eigenvalue weighted by Crippen LogP contribution is 2.03. The van der Waals surface area contributed by atoms with Crippen molar-refractivity contribution in [3.05, 3.63) is 18.7 Å². The fourth-order valence-electron chi connectivity index (χ4n) is 1.51. The topological polar surface area (TPSA) is 92.5 Å². The molecule has 102 valence electrons. The number of carboxylic acids is 1. The smallest absolute Gasteiger partial charge is 0.304 e. The van der Waals surface area contributed by atoms with Crippen LogP contribution in [0.2, 0.25) is 0 Å². The summed E-state index contributed by atoms with van der Waals surface area (Å²) >= 11 is 0. The Labute approximate surface area is 106 Å². The first-order valence-electron chi connectivity index (χ1n) is 5.52. The van der Waals surface area contributed by atoms with Crippen molar-refractivity contribution in [2.75, 3.05) is 19.3 Å². The molecule has 0 radical (unpaired) electrons. The van der Waals surface area contributed by atoms with Gasteiger partial charge in [-0.1, -0.05) is 0 Å². The molecule has 0 fully saturated rings. The number of nitrogens with zero attached hydrogens (tertiary/aromatic N) is 3. The molecule has 0 aliphatic rings. The molecule has 0 spiro atoms. The van der Waals surface area contributed by atoms with Crippen LogP contribution >= 0.6 is 0 Å². The summed E-state index contributed by atoms with van der Waals surface area (Å²) in [6.07, 6.45) is 6.62. The molecule has 1 N–H and O–H groups in total. The van der Waals surface area contributed by atoms with Crippen molar-refractivity contribution < 1.29 is 18.3 Å². The average molecular weight is 275 g/mol. The van der Waals surface area contributed by atoms with E-state index in [0.29, 0.717) is 19.5 Å². The van der Waals surface area contributed by atoms with E-state index in [4.69, 9.17) is 5.11 Å². The summed E-state index contributed by atoms with van der Waals surface area (Å²) in [7, 11) is -3.36. The molecule has 7 nitrogen and oxygen atoms in total. The van der Waals surface area contributed by atoms with Crippen LogP contribution in [0, 0.1) is 0 Å². The van der Waals surface area contributed by atoms with Crippen molar-refractivity contribution in [2.45, 2.75) is 19.4 Å². The van der Waals surface area contributed by atoms with Gasteiger partial charge in [0.1, 0.15) is 0 Å². The van der Waals surface area contributed by atoms with Gasteiger partial charge in [-0.05, 0) is 6.42 Å². The normalized spacial score (nSPS) is 11.9. The maximum absolute atomic E-state index is 11.5. The van der Waals surface area contributed by atoms with Crippen molar-refractivity contribution in [1.29, 1.82) is 0 Å². The lowest BCUT2D eigenvalue weighted by molar-refractivity contribution is -0.137. The van der Waals surface area contributed by atoms with Gasteiger partial charge in [0, 0.05) is 32.0 Å². The van der Waals surface area contributed by atoms with E-state index < -0.39 is 16.0 Å². The van der Waals surface area contributed by atoms with Crippen molar-refractivity contribution >= 4 is 16.0 Å². The van der Waals surface area contributed by atoms with Crippen LogP contribution in [-0.4, -0.2) is 52.7 Å². The zero-order valence-electron chi connectivity index (χ0n) is 10.2. The SMILES string of the molecule is CS(=O)(=O)N(CCCn1ccnc1)CCC(=O)O. The molecule has 0 amide bonds. The Balaban J connectivity index is 2.44. The molecule has 0 saturated heterocycles. The van der Waals surface area contributed by atoms with E-state index in [1.807, 2.05) is 4.57 Å². The summed E-state index contributed by atoms with van der Waals surface area (Å²) < 4.78 is 25.9. The molecule has 8 heteroatoms. The number of hydrogen-bond donors (Lipinski definition) is 1. The van der Waals surface area contributed by atoms with Gasteiger partial charge in [0.05, 0.1) is 19.0 Å². The highest BCUT2D eigenvalue weighted by Gasteiger charge is 2.16. The predicted octanol–water partition coefficient (Wildman–Crippen LogP) is 0.00950. The summed E-state index contributed by atoms with van der Waals surface area (Å²) in [6.45, 7) is 0.974. The zero-order chi connectivity index (χ0) is 13.6. The number of aryl methyl sites for hydroxylation is 1. The zero-order valence-corrected chi connectivity index (χ0v) is 11.0. The minimum absolute atomic E-state index is 0.0120. The molecule has 0 aliphatic heterocycles. The first kappa shape index (κ1) is 14.7. The number of carboxylic acid groups (broad SMARTS) is 1. The third kappa shape index (κ3) is 5.28. The van der Waals surface area contributed by atoms with Crippen LogP contribution in [-0.2, 0) is 21.4 Å². The first-order valence-corrected chi connectivity index (χ1v) is 7.37. The maximum atomic E-state index is 11.5. The highest BCUT2D eigenvalue weighted by atomic mass is 32.2. The number of carbonyl (C=O) groups is 1. The summed E-state index contributed by atoms with van der Waals surface area (Å²) in [5, 5.41) is 8.57. The molecule has 1 aromatic heterocycles. The fourth-order valence-corrected chi connectivity index (χ4v) is 2.40. The molecule has 0 bridgehead atoms. The quantitative estimate of drug-likeness (QED) is 0.721. The van der Waals surface area contributed by atoms with Gasteiger partial charge in [0.25, 0.3) is 0 Å². The number of hydrogen-bond acceptors (Lipinski definition) is 4. The van der Waals surface area contributed by atoms with Crippen LogP contribution in [0.15, 0.2) is 18.7 Å². The number of sulfonamides is 1. The standard InChI is InChI=1S/C10H17N3O4S/c1-18(16,17)13(7-3-10(14)15)6-2-5-12-8-4-11-9-12/h4,8-9H,2-3,5-7H2,1H3,(H,14,15). The summed E-state index contributed by atoms with van der Waals surface area (Å²) in [4.78, 5) is 14.3. The van der Waals surface area contributed by atoms with Crippen molar-refractivity contribution in [3.8, 4) is 0 Å². The van der Waals surface area contributed by atoms with Gasteiger partial charge in [-0.2, -0.15) is 0 Å². The molecule has 0 saturated carbocycles. The van der Waals surface area contributed by atoms with Gasteiger partial charge in [0.2, 0.25) is 10.0 Å². The molecule has 0 atom stereocenters. The second-order valence-electron chi connectivity index (χ2n) is 3.96. The van der Waals surface area contributed by atoms with Crippen molar-refractivity contribution in [2.24, 2.45) is 0 Å². The second-order valence-corrected chi connectivity index (χ2v) is 5.94. The minimum Gasteiger partial charge on any atom is -0.481 e. The molecular weight excluding hydrogens is 258 g/mol. The van der Waals surface area contributed by atoms with Crippen molar-refractivity contribution in [1.82, 2.24) is 13.9 Å². The molecule has 0 unspecified atom stereocenters. The van der Waals surface area contributed by atoms with E-state index in [-0.39, 0.29) is 13.0 Å². The van der Waals surface area contributed by atoms with Crippen LogP contribution in [0.1, 0.15) is 12.8 Å². The van der Waals surface area contributed by atoms with Crippen LogP contribution in [0.3, 0.4) is 0 Å². The predicted molar refractivity (Wildman–Crippen MR) is 65.5 cm³/mol. The van der Waals surface area contributed by atoms with E-state index >= 15 is 0 Å². The van der Waals surface area contributed by atoms with Gasteiger partial charge in [-0.15, -0.1) is 0 Å². The van der Waals surface area contributed by atoms with E-state index in [0.717, 1.165) is 6.26 Å². The lowest BCUT2D eigenvalue weighted by atomic mass is 10.4. The Hall–Kier alpha value is -1.41. The molecule has 1 heterocycles.